The van der Waals surface area contributed by atoms with Crippen LogP contribution < -0.4 is 5.32 Å². The van der Waals surface area contributed by atoms with Crippen LogP contribution in [0.2, 0.25) is 0 Å². The monoisotopic (exact) mass is 380 g/mol. The molecule has 0 aliphatic rings. The lowest BCUT2D eigenvalue weighted by molar-refractivity contribution is -0.148. The molecule has 1 atom stereocenters. The number of carbonyl (C=O) groups excluding carboxylic acids is 2. The SMILES string of the molecule is C/C=C/C(=O)O[C@@H](C)C(=O)Nc1ccc(Cc2nc3ccccc3s2)cc1. The maximum absolute atomic E-state index is 12.1. The van der Waals surface area contributed by atoms with Crippen LogP contribution in [0.15, 0.2) is 60.7 Å². The summed E-state index contributed by atoms with van der Waals surface area (Å²) in [5.74, 6) is -0.905. The molecule has 138 valence electrons. The average molecular weight is 380 g/mol. The molecule has 0 aliphatic heterocycles. The van der Waals surface area contributed by atoms with E-state index in [1.807, 2.05) is 42.5 Å². The molecule has 0 aliphatic carbocycles. The third kappa shape index (κ3) is 5.01. The van der Waals surface area contributed by atoms with Gasteiger partial charge in [0.25, 0.3) is 5.91 Å². The Labute approximate surface area is 161 Å². The van der Waals surface area contributed by atoms with Gasteiger partial charge in [0, 0.05) is 18.2 Å². The van der Waals surface area contributed by atoms with E-state index >= 15 is 0 Å². The Morgan fingerprint density at radius 1 is 1.19 bits per heavy atom. The predicted octanol–water partition coefficient (Wildman–Crippen LogP) is 4.33. The fourth-order valence-corrected chi connectivity index (χ4v) is 3.52. The maximum Gasteiger partial charge on any atom is 0.331 e. The molecule has 2 aromatic carbocycles. The molecule has 1 heterocycles. The smallest absolute Gasteiger partial charge is 0.331 e. The van der Waals surface area contributed by atoms with Crippen molar-refractivity contribution in [2.45, 2.75) is 26.4 Å². The van der Waals surface area contributed by atoms with Crippen molar-refractivity contribution in [1.82, 2.24) is 4.98 Å². The molecule has 3 aromatic rings. The van der Waals surface area contributed by atoms with Crippen LogP contribution in [0.25, 0.3) is 10.2 Å². The Balaban J connectivity index is 1.59. The van der Waals surface area contributed by atoms with E-state index in [1.165, 1.54) is 17.7 Å². The molecule has 27 heavy (non-hydrogen) atoms. The quantitative estimate of drug-likeness (QED) is 0.510. The Hall–Kier alpha value is -2.99. The molecule has 1 aromatic heterocycles. The number of fused-ring (bicyclic) bond motifs is 1. The number of nitrogens with zero attached hydrogens (tertiary/aromatic N) is 1. The average Bonchev–Trinajstić information content (AvgIpc) is 3.05. The van der Waals surface area contributed by atoms with Gasteiger partial charge >= 0.3 is 5.97 Å². The number of thiazole rings is 1. The number of ether oxygens (including phenoxy) is 1. The molecule has 0 radical (unpaired) electrons. The van der Waals surface area contributed by atoms with Crippen LogP contribution in [0.4, 0.5) is 5.69 Å². The fourth-order valence-electron chi connectivity index (χ4n) is 2.52. The molecule has 0 bridgehead atoms. The first-order valence-corrected chi connectivity index (χ1v) is 9.44. The van der Waals surface area contributed by atoms with Crippen molar-refractivity contribution in [3.63, 3.8) is 0 Å². The minimum atomic E-state index is -0.865. The summed E-state index contributed by atoms with van der Waals surface area (Å²) in [5.41, 5.74) is 2.78. The molecule has 0 spiro atoms. The number of esters is 1. The zero-order valence-electron chi connectivity index (χ0n) is 15.1. The van der Waals surface area contributed by atoms with Gasteiger partial charge in [-0.3, -0.25) is 4.79 Å². The highest BCUT2D eigenvalue weighted by Crippen LogP contribution is 2.24. The first-order valence-electron chi connectivity index (χ1n) is 8.62. The molecule has 0 saturated carbocycles. The number of allylic oxidation sites excluding steroid dienone is 1. The van der Waals surface area contributed by atoms with E-state index in [-0.39, 0.29) is 5.91 Å². The second kappa shape index (κ2) is 8.60. The van der Waals surface area contributed by atoms with Crippen molar-refractivity contribution in [3.8, 4) is 0 Å². The highest BCUT2D eigenvalue weighted by atomic mass is 32.1. The van der Waals surface area contributed by atoms with Gasteiger partial charge in [-0.25, -0.2) is 9.78 Å². The number of hydrogen-bond donors (Lipinski definition) is 1. The molecule has 3 rings (SSSR count). The number of benzene rings is 2. The summed E-state index contributed by atoms with van der Waals surface area (Å²) in [7, 11) is 0. The van der Waals surface area contributed by atoms with Crippen molar-refractivity contribution < 1.29 is 14.3 Å². The van der Waals surface area contributed by atoms with Gasteiger partial charge in [-0.2, -0.15) is 0 Å². The van der Waals surface area contributed by atoms with E-state index in [4.69, 9.17) is 4.74 Å². The van der Waals surface area contributed by atoms with Gasteiger partial charge in [0.1, 0.15) is 0 Å². The van der Waals surface area contributed by atoms with Crippen molar-refractivity contribution in [2.75, 3.05) is 5.32 Å². The molecular formula is C21H20N2O3S. The van der Waals surface area contributed by atoms with Gasteiger partial charge in [0.2, 0.25) is 0 Å². The predicted molar refractivity (Wildman–Crippen MR) is 108 cm³/mol. The van der Waals surface area contributed by atoms with Crippen molar-refractivity contribution in [2.24, 2.45) is 0 Å². The van der Waals surface area contributed by atoms with Crippen LogP contribution in [0.3, 0.4) is 0 Å². The molecular weight excluding hydrogens is 360 g/mol. The fraction of sp³-hybridized carbons (Fsp3) is 0.190. The van der Waals surface area contributed by atoms with E-state index in [1.54, 1.807) is 24.3 Å². The van der Waals surface area contributed by atoms with Crippen LogP contribution in [-0.4, -0.2) is 23.0 Å². The molecule has 0 fully saturated rings. The molecule has 1 N–H and O–H groups in total. The summed E-state index contributed by atoms with van der Waals surface area (Å²) < 4.78 is 6.19. The van der Waals surface area contributed by atoms with Gasteiger partial charge in [-0.1, -0.05) is 30.3 Å². The molecule has 1 amide bonds. The number of nitrogens with one attached hydrogen (secondary N) is 1. The zero-order valence-corrected chi connectivity index (χ0v) is 16.0. The molecule has 6 heteroatoms. The number of carbonyl (C=O) groups is 2. The van der Waals surface area contributed by atoms with E-state index in [9.17, 15) is 9.59 Å². The molecule has 5 nitrogen and oxygen atoms in total. The second-order valence-corrected chi connectivity index (χ2v) is 7.13. The number of aromatic nitrogens is 1. The largest absolute Gasteiger partial charge is 0.449 e. The molecule has 0 unspecified atom stereocenters. The lowest BCUT2D eigenvalue weighted by atomic mass is 10.1. The summed E-state index contributed by atoms with van der Waals surface area (Å²) >= 11 is 1.69. The number of amides is 1. The summed E-state index contributed by atoms with van der Waals surface area (Å²) in [5, 5.41) is 3.80. The van der Waals surface area contributed by atoms with Crippen LogP contribution in [0, 0.1) is 0 Å². The number of hydrogen-bond acceptors (Lipinski definition) is 5. The summed E-state index contributed by atoms with van der Waals surface area (Å²) in [6.45, 7) is 3.25. The number of rotatable bonds is 6. The standard InChI is InChI=1S/C21H20N2O3S/c1-3-6-20(24)26-14(2)21(25)22-16-11-9-15(10-12-16)13-19-23-17-7-4-5-8-18(17)27-19/h3-12,14H,13H2,1-2H3,(H,22,25)/b6-3+/t14-/m0/s1. The third-order valence-corrected chi connectivity index (χ3v) is 4.92. The van der Waals surface area contributed by atoms with Crippen LogP contribution >= 0.6 is 11.3 Å². The number of anilines is 1. The van der Waals surface area contributed by atoms with E-state index in [0.29, 0.717) is 5.69 Å². The van der Waals surface area contributed by atoms with Gasteiger partial charge in [-0.05, 0) is 43.7 Å². The minimum Gasteiger partial charge on any atom is -0.449 e. The van der Waals surface area contributed by atoms with E-state index in [2.05, 4.69) is 16.4 Å². The third-order valence-electron chi connectivity index (χ3n) is 3.88. The Morgan fingerprint density at radius 3 is 2.63 bits per heavy atom. The van der Waals surface area contributed by atoms with Crippen molar-refractivity contribution in [3.05, 3.63) is 71.3 Å². The zero-order chi connectivity index (χ0) is 19.2. The van der Waals surface area contributed by atoms with Crippen molar-refractivity contribution in [1.29, 1.82) is 0 Å². The van der Waals surface area contributed by atoms with Gasteiger partial charge in [0.15, 0.2) is 6.10 Å². The first kappa shape index (κ1) is 18.8. The summed E-state index contributed by atoms with van der Waals surface area (Å²) in [6, 6.07) is 15.7. The summed E-state index contributed by atoms with van der Waals surface area (Å²) in [6.07, 6.45) is 2.72. The first-order chi connectivity index (χ1) is 13.0. The lowest BCUT2D eigenvalue weighted by Gasteiger charge is -2.12. The van der Waals surface area contributed by atoms with Crippen molar-refractivity contribution >= 4 is 39.1 Å². The minimum absolute atomic E-state index is 0.369. The van der Waals surface area contributed by atoms with Crippen LogP contribution in [0.1, 0.15) is 24.4 Å². The Morgan fingerprint density at radius 2 is 1.93 bits per heavy atom. The highest BCUT2D eigenvalue weighted by Gasteiger charge is 2.16. The van der Waals surface area contributed by atoms with Gasteiger partial charge < -0.3 is 10.1 Å². The molecule has 0 saturated heterocycles. The van der Waals surface area contributed by atoms with Crippen LogP contribution in [-0.2, 0) is 20.7 Å². The summed E-state index contributed by atoms with van der Waals surface area (Å²) in [4.78, 5) is 28.1. The normalized spacial score (nSPS) is 12.2. The van der Waals surface area contributed by atoms with E-state index in [0.717, 1.165) is 22.5 Å². The Kier molecular flexibility index (Phi) is 5.98. The van der Waals surface area contributed by atoms with Gasteiger partial charge in [-0.15, -0.1) is 11.3 Å². The second-order valence-electron chi connectivity index (χ2n) is 6.02. The highest BCUT2D eigenvalue weighted by molar-refractivity contribution is 7.18. The maximum atomic E-state index is 12.1. The topological polar surface area (TPSA) is 68.3 Å². The van der Waals surface area contributed by atoms with Gasteiger partial charge in [0.05, 0.1) is 15.2 Å². The van der Waals surface area contributed by atoms with Crippen LogP contribution in [0.5, 0.6) is 0 Å². The lowest BCUT2D eigenvalue weighted by Crippen LogP contribution is -2.29. The van der Waals surface area contributed by atoms with E-state index < -0.39 is 12.1 Å². The number of para-hydroxylation sites is 1. The Bertz CT molecular complexity index is 944.